The van der Waals surface area contributed by atoms with E-state index in [-0.39, 0.29) is 18.2 Å². The predicted molar refractivity (Wildman–Crippen MR) is 93.1 cm³/mol. The molecule has 0 radical (unpaired) electrons. The predicted octanol–water partition coefficient (Wildman–Crippen LogP) is 2.35. The second-order valence-corrected chi connectivity index (χ2v) is 5.54. The minimum Gasteiger partial charge on any atom is -0.493 e. The summed E-state index contributed by atoms with van der Waals surface area (Å²) in [6.07, 6.45) is 5.10. The van der Waals surface area contributed by atoms with Crippen molar-refractivity contribution < 1.29 is 13.9 Å². The van der Waals surface area contributed by atoms with E-state index in [1.165, 1.54) is 0 Å². The van der Waals surface area contributed by atoms with E-state index in [1.54, 1.807) is 42.5 Å². The number of carbonyl (C=O) groups is 1. The van der Waals surface area contributed by atoms with Crippen molar-refractivity contribution in [2.24, 2.45) is 0 Å². The highest BCUT2D eigenvalue weighted by Crippen LogP contribution is 2.28. The van der Waals surface area contributed by atoms with E-state index in [1.807, 2.05) is 24.3 Å². The lowest BCUT2D eigenvalue weighted by atomic mass is 10.2. The second-order valence-electron chi connectivity index (χ2n) is 5.54. The van der Waals surface area contributed by atoms with Gasteiger partial charge in [0.15, 0.2) is 17.1 Å². The average molecular weight is 349 g/mol. The number of ether oxygens (including phenoxy) is 1. The first kappa shape index (κ1) is 15.8. The summed E-state index contributed by atoms with van der Waals surface area (Å²) in [7, 11) is 1.56. The van der Waals surface area contributed by atoms with Crippen LogP contribution in [-0.2, 0) is 6.54 Å². The van der Waals surface area contributed by atoms with Gasteiger partial charge in [-0.2, -0.15) is 0 Å². The summed E-state index contributed by atoms with van der Waals surface area (Å²) in [6.45, 7) is 0.229. The molecular weight excluding hydrogens is 334 g/mol. The summed E-state index contributed by atoms with van der Waals surface area (Å²) in [6, 6.07) is 10.8. The summed E-state index contributed by atoms with van der Waals surface area (Å²) in [5.74, 6) is 0.462. The van der Waals surface area contributed by atoms with Crippen LogP contribution < -0.4 is 10.1 Å². The Labute approximate surface area is 148 Å². The first-order valence-corrected chi connectivity index (χ1v) is 7.91. The Balaban J connectivity index is 1.47. The van der Waals surface area contributed by atoms with E-state index < -0.39 is 0 Å². The number of hydrogen-bond donors (Lipinski definition) is 1. The Morgan fingerprint density at radius 1 is 1.31 bits per heavy atom. The van der Waals surface area contributed by atoms with Crippen molar-refractivity contribution in [3.63, 3.8) is 0 Å². The molecule has 26 heavy (non-hydrogen) atoms. The molecule has 0 saturated heterocycles. The van der Waals surface area contributed by atoms with Gasteiger partial charge in [0.25, 0.3) is 5.91 Å². The van der Waals surface area contributed by atoms with Crippen molar-refractivity contribution >= 4 is 16.9 Å². The minimum absolute atomic E-state index is 0.212. The number of carbonyl (C=O) groups excluding carboxylic acids is 1. The zero-order valence-corrected chi connectivity index (χ0v) is 13.9. The number of hydrogen-bond acceptors (Lipinski definition) is 6. The van der Waals surface area contributed by atoms with Gasteiger partial charge in [-0.25, -0.2) is 4.68 Å². The van der Waals surface area contributed by atoms with E-state index in [2.05, 4.69) is 20.6 Å². The third-order valence-electron chi connectivity index (χ3n) is 3.83. The number of aromatic nitrogens is 4. The zero-order chi connectivity index (χ0) is 17.9. The largest absolute Gasteiger partial charge is 0.493 e. The molecule has 1 N–H and O–H groups in total. The number of rotatable bonds is 5. The summed E-state index contributed by atoms with van der Waals surface area (Å²) < 4.78 is 12.5. The average Bonchev–Trinajstić information content (AvgIpc) is 3.33. The monoisotopic (exact) mass is 349 g/mol. The van der Waals surface area contributed by atoms with Crippen LogP contribution in [0.5, 0.6) is 5.75 Å². The highest BCUT2D eigenvalue weighted by atomic mass is 16.5. The molecule has 4 rings (SSSR count). The molecule has 0 atom stereocenters. The Bertz CT molecular complexity index is 1060. The van der Waals surface area contributed by atoms with Crippen LogP contribution in [0.1, 0.15) is 16.2 Å². The van der Waals surface area contributed by atoms with Crippen LogP contribution in [0.2, 0.25) is 0 Å². The molecule has 8 nitrogen and oxygen atoms in total. The lowest BCUT2D eigenvalue weighted by Crippen LogP contribution is -2.22. The van der Waals surface area contributed by atoms with E-state index >= 15 is 0 Å². The van der Waals surface area contributed by atoms with Crippen molar-refractivity contribution in [1.82, 2.24) is 25.3 Å². The fourth-order valence-electron chi connectivity index (χ4n) is 2.56. The number of amides is 1. The van der Waals surface area contributed by atoms with Gasteiger partial charge in [0.1, 0.15) is 5.69 Å². The third kappa shape index (κ3) is 3.00. The third-order valence-corrected chi connectivity index (χ3v) is 3.83. The quantitative estimate of drug-likeness (QED) is 0.594. The smallest absolute Gasteiger partial charge is 0.287 e. The van der Waals surface area contributed by atoms with Gasteiger partial charge in [-0.3, -0.25) is 9.78 Å². The highest BCUT2D eigenvalue weighted by Gasteiger charge is 2.15. The molecule has 0 unspecified atom stereocenters. The van der Waals surface area contributed by atoms with Crippen molar-refractivity contribution in [1.29, 1.82) is 0 Å². The molecule has 130 valence electrons. The molecule has 3 heterocycles. The molecular formula is C18H15N5O3. The van der Waals surface area contributed by atoms with Gasteiger partial charge >= 0.3 is 0 Å². The fourth-order valence-corrected chi connectivity index (χ4v) is 2.56. The van der Waals surface area contributed by atoms with Gasteiger partial charge in [0.2, 0.25) is 0 Å². The van der Waals surface area contributed by atoms with E-state index in [0.717, 1.165) is 11.1 Å². The molecule has 0 bridgehead atoms. The molecule has 3 aromatic heterocycles. The van der Waals surface area contributed by atoms with Crippen LogP contribution >= 0.6 is 0 Å². The molecule has 0 saturated carbocycles. The van der Waals surface area contributed by atoms with Gasteiger partial charge in [0.05, 0.1) is 31.7 Å². The highest BCUT2D eigenvalue weighted by molar-refractivity contribution is 5.97. The zero-order valence-electron chi connectivity index (χ0n) is 13.9. The van der Waals surface area contributed by atoms with Gasteiger partial charge in [-0.05, 0) is 24.3 Å². The molecule has 0 spiro atoms. The van der Waals surface area contributed by atoms with Crippen LogP contribution in [0.15, 0.2) is 59.4 Å². The van der Waals surface area contributed by atoms with Crippen LogP contribution in [0.4, 0.5) is 0 Å². The SMILES string of the molecule is COc1cccc2cc(C(=O)NCc3cn(-c4cccnc4)nn3)oc12. The van der Waals surface area contributed by atoms with E-state index in [9.17, 15) is 4.79 Å². The number of furan rings is 1. The maximum absolute atomic E-state index is 12.4. The number of fused-ring (bicyclic) bond motifs is 1. The Hall–Kier alpha value is -3.68. The van der Waals surface area contributed by atoms with E-state index in [0.29, 0.717) is 17.0 Å². The van der Waals surface area contributed by atoms with E-state index in [4.69, 9.17) is 9.15 Å². The fraction of sp³-hybridized carbons (Fsp3) is 0.111. The molecule has 8 heteroatoms. The standard InChI is InChI=1S/C18H15N5O3/c1-25-15-6-2-4-12-8-16(26-17(12)15)18(24)20-9-13-11-23(22-21-13)14-5-3-7-19-10-14/h2-8,10-11H,9H2,1H3,(H,20,24). The number of benzene rings is 1. The molecule has 0 aliphatic carbocycles. The van der Waals surface area contributed by atoms with Gasteiger partial charge < -0.3 is 14.5 Å². The Morgan fingerprint density at radius 3 is 3.04 bits per heavy atom. The van der Waals surface area contributed by atoms with Crippen molar-refractivity contribution in [2.45, 2.75) is 6.54 Å². The van der Waals surface area contributed by atoms with Crippen molar-refractivity contribution in [2.75, 3.05) is 7.11 Å². The second kappa shape index (κ2) is 6.67. The van der Waals surface area contributed by atoms with Crippen molar-refractivity contribution in [3.8, 4) is 11.4 Å². The first-order valence-electron chi connectivity index (χ1n) is 7.91. The number of nitrogens with one attached hydrogen (secondary N) is 1. The minimum atomic E-state index is -0.334. The number of nitrogens with zero attached hydrogens (tertiary/aromatic N) is 4. The van der Waals surface area contributed by atoms with Crippen LogP contribution in [0.3, 0.4) is 0 Å². The topological polar surface area (TPSA) is 95.1 Å². The number of pyridine rings is 1. The van der Waals surface area contributed by atoms with Crippen LogP contribution in [0, 0.1) is 0 Å². The molecule has 1 aromatic carbocycles. The summed E-state index contributed by atoms with van der Waals surface area (Å²) in [5.41, 5.74) is 1.96. The van der Waals surface area contributed by atoms with Crippen LogP contribution in [0.25, 0.3) is 16.7 Å². The molecule has 0 fully saturated rings. The van der Waals surface area contributed by atoms with Gasteiger partial charge in [-0.1, -0.05) is 17.3 Å². The summed E-state index contributed by atoms with van der Waals surface area (Å²) in [5, 5.41) is 11.7. The lowest BCUT2D eigenvalue weighted by molar-refractivity contribution is 0.0924. The Morgan fingerprint density at radius 2 is 2.23 bits per heavy atom. The molecule has 4 aromatic rings. The van der Waals surface area contributed by atoms with Gasteiger partial charge in [-0.15, -0.1) is 5.10 Å². The van der Waals surface area contributed by atoms with Crippen molar-refractivity contribution in [3.05, 3.63) is 66.4 Å². The normalized spacial score (nSPS) is 10.8. The molecule has 1 amide bonds. The lowest BCUT2D eigenvalue weighted by Gasteiger charge is -2.00. The Kier molecular flexibility index (Phi) is 4.06. The first-order chi connectivity index (χ1) is 12.7. The molecule has 0 aliphatic heterocycles. The maximum atomic E-state index is 12.4. The number of para-hydroxylation sites is 1. The number of methoxy groups -OCH3 is 1. The summed E-state index contributed by atoms with van der Waals surface area (Å²) >= 11 is 0. The maximum Gasteiger partial charge on any atom is 0.287 e. The van der Waals surface area contributed by atoms with Crippen LogP contribution in [-0.4, -0.2) is 33.0 Å². The summed E-state index contributed by atoms with van der Waals surface area (Å²) in [4.78, 5) is 16.4. The molecule has 0 aliphatic rings. The van der Waals surface area contributed by atoms with Gasteiger partial charge in [0, 0.05) is 11.6 Å².